The van der Waals surface area contributed by atoms with Crippen molar-refractivity contribution in [2.24, 2.45) is 20.4 Å². The zero-order valence-electron chi connectivity index (χ0n) is 75.5. The fourth-order valence-corrected chi connectivity index (χ4v) is 12.3. The van der Waals surface area contributed by atoms with E-state index in [9.17, 15) is 83.9 Å². The van der Waals surface area contributed by atoms with Crippen molar-refractivity contribution in [2.45, 2.75) is 103 Å². The van der Waals surface area contributed by atoms with Crippen LogP contribution < -0.4 is 67.3 Å². The number of phenols is 2. The van der Waals surface area contributed by atoms with E-state index in [-0.39, 0.29) is 55.5 Å². The molecule has 38 nitrogen and oxygen atoms in total. The number of pyridine rings is 1. The number of fused-ring (bicyclic) bond motifs is 1. The Morgan fingerprint density at radius 1 is 0.447 bits per heavy atom. The van der Waals surface area contributed by atoms with Crippen molar-refractivity contribution in [3.63, 3.8) is 0 Å². The number of amides is 7. The number of anilines is 5. The lowest BCUT2D eigenvalue weighted by Crippen LogP contribution is -2.22. The minimum absolute atomic E-state index is 0.0778. The number of nitrogens with zero attached hydrogens (tertiary/aromatic N) is 8. The molecule has 0 aliphatic rings. The number of ether oxygens (including phenoxy) is 4. The maximum Gasteiger partial charge on any atom is 0.411 e. The predicted molar refractivity (Wildman–Crippen MR) is 509 cm³/mol. The molecule has 0 aliphatic heterocycles. The molecule has 10 rings (SSSR count). The third-order valence-electron chi connectivity index (χ3n) is 17.6. The second-order valence-corrected chi connectivity index (χ2v) is 33.2. The number of nitro benzene ring substituents is 1. The van der Waals surface area contributed by atoms with Crippen LogP contribution in [0.5, 0.6) is 28.7 Å². The highest BCUT2D eigenvalue weighted by molar-refractivity contribution is 7.91. The zero-order valence-corrected chi connectivity index (χ0v) is 77.9. The van der Waals surface area contributed by atoms with Crippen LogP contribution in [-0.4, -0.2) is 185 Å². The lowest BCUT2D eigenvalue weighted by Gasteiger charge is -2.21. The fraction of sp³-hybridized carbons (Fsp3) is 0.264. The summed E-state index contributed by atoms with van der Waals surface area (Å²) >= 11 is 0. The normalized spacial score (nSPS) is 10.8. The molecule has 9 N–H and O–H groups in total. The second-order valence-electron chi connectivity index (χ2n) is 27.1. The summed E-state index contributed by atoms with van der Waals surface area (Å²) in [5, 5.41) is 52.6. The topological polar surface area (TPSA) is 526 Å². The van der Waals surface area contributed by atoms with Gasteiger partial charge in [0.1, 0.15) is 11.1 Å². The summed E-state index contributed by atoms with van der Waals surface area (Å²) in [5.41, 5.74) is 15.6. The van der Waals surface area contributed by atoms with Gasteiger partial charge in [0.2, 0.25) is 23.6 Å². The van der Waals surface area contributed by atoms with Crippen LogP contribution in [0.1, 0.15) is 131 Å². The molecule has 0 fully saturated rings. The molecule has 7 amide bonds. The van der Waals surface area contributed by atoms with Crippen LogP contribution in [-0.2, 0) is 53.4 Å². The number of methoxy groups -OCH3 is 3. The first-order valence-electron chi connectivity index (χ1n) is 40.6. The van der Waals surface area contributed by atoms with E-state index in [1.54, 1.807) is 109 Å². The molecule has 8 aromatic carbocycles. The van der Waals surface area contributed by atoms with E-state index in [0.717, 1.165) is 73.4 Å². The highest BCUT2D eigenvalue weighted by atomic mass is 32.2. The average Bonchev–Trinajstić information content (AvgIpc) is 0.787. The van der Waals surface area contributed by atoms with Gasteiger partial charge in [0, 0.05) is 140 Å². The monoisotopic (exact) mass is 1880 g/mol. The second kappa shape index (κ2) is 56.1. The molecule has 0 aliphatic carbocycles. The molecule has 132 heavy (non-hydrogen) atoms. The summed E-state index contributed by atoms with van der Waals surface area (Å²) in [6.07, 6.45) is 13.3. The van der Waals surface area contributed by atoms with Gasteiger partial charge in [-0.05, 0) is 215 Å². The van der Waals surface area contributed by atoms with Crippen molar-refractivity contribution in [3.05, 3.63) is 254 Å². The van der Waals surface area contributed by atoms with Gasteiger partial charge in [-0.25, -0.2) is 56.5 Å². The van der Waals surface area contributed by atoms with Gasteiger partial charge in [-0.3, -0.25) is 49.2 Å². The highest BCUT2D eigenvalue weighted by Crippen LogP contribution is 2.30. The van der Waals surface area contributed by atoms with E-state index in [2.05, 4.69) is 104 Å². The number of phenolic OH excluding ortho intramolecular Hbond substituents is 2. The first-order valence-corrected chi connectivity index (χ1v) is 46.3. The van der Waals surface area contributed by atoms with Crippen LogP contribution in [0.2, 0.25) is 0 Å². The number of nitrogens with one attached hydrogen (secondary N) is 7. The van der Waals surface area contributed by atoms with Crippen molar-refractivity contribution in [3.8, 4) is 28.7 Å². The van der Waals surface area contributed by atoms with E-state index in [1.165, 1.54) is 123 Å². The third-order valence-corrected chi connectivity index (χ3v) is 21.0. The van der Waals surface area contributed by atoms with Crippen molar-refractivity contribution >= 4 is 141 Å². The number of sulfone groups is 3. The molecule has 704 valence electrons. The van der Waals surface area contributed by atoms with Gasteiger partial charge < -0.3 is 54.0 Å². The summed E-state index contributed by atoms with van der Waals surface area (Å²) in [5.74, 6) is -0.146. The van der Waals surface area contributed by atoms with Crippen molar-refractivity contribution in [1.82, 2.24) is 26.7 Å². The Kier molecular flexibility index (Phi) is 46.4. The number of benzene rings is 8. The number of aromatic nitrogens is 1. The van der Waals surface area contributed by atoms with Crippen LogP contribution in [0.4, 0.5) is 38.9 Å². The van der Waals surface area contributed by atoms with Gasteiger partial charge in [0.25, 0.3) is 11.8 Å². The molecule has 0 atom stereocenters. The Bertz CT molecular complexity index is 6040. The highest BCUT2D eigenvalue weighted by Gasteiger charge is 2.19. The number of aromatic hydroxyl groups is 2. The maximum atomic E-state index is 12.5. The number of rotatable bonds is 31. The molecular formula is C91H109N15O23S3. The van der Waals surface area contributed by atoms with E-state index in [0.29, 0.717) is 88.7 Å². The molecule has 41 heteroatoms. The van der Waals surface area contributed by atoms with E-state index >= 15 is 0 Å². The largest absolute Gasteiger partial charge is 0.504 e. The summed E-state index contributed by atoms with van der Waals surface area (Å²) in [6.45, 7) is 21.3. The average molecular weight is 1880 g/mol. The number of hydrazone groups is 4. The van der Waals surface area contributed by atoms with Crippen LogP contribution in [0.25, 0.3) is 11.0 Å². The Hall–Kier alpha value is -15.3. The molecule has 0 saturated carbocycles. The maximum absolute atomic E-state index is 12.5. The Morgan fingerprint density at radius 3 is 1.23 bits per heavy atom. The minimum Gasteiger partial charge on any atom is -0.504 e. The lowest BCUT2D eigenvalue weighted by atomic mass is 10.1. The van der Waals surface area contributed by atoms with Gasteiger partial charge >= 0.3 is 17.4 Å². The van der Waals surface area contributed by atoms with Crippen LogP contribution in [0.3, 0.4) is 0 Å². The SMILES string of the molecule is CCC(=O)N/N=C/c1ccc(N(CC)CC)cc1.CCC(=O)N/N=C/c1ccc(O)c([N+](=O)[O-])c1.CCC(=O)N/N=C/c1ccc(OC)c(OC)c1.CCN(CC)c1ccc2cc(C(=O)Nc3ccc(S(C)(=O)=O)cc3)c(=O)oc2c1.CCOc1cc(/C=N/NC(=O)CC)ccc1O.COC(=O)Nc1ccc(S(C)(=O)=O)cc1.CS(=O)(=O)c1ccc(NC(=O)c2ccncc2)cc1. The third kappa shape index (κ3) is 38.7. The Labute approximate surface area is 765 Å². The summed E-state index contributed by atoms with van der Waals surface area (Å²) < 4.78 is 93.1. The van der Waals surface area contributed by atoms with Crippen molar-refractivity contribution < 1.29 is 97.3 Å². The lowest BCUT2D eigenvalue weighted by molar-refractivity contribution is -0.385. The fourth-order valence-electron chi connectivity index (χ4n) is 10.4. The number of carbonyl (C=O) groups is 7. The predicted octanol–water partition coefficient (Wildman–Crippen LogP) is 13.1. The molecule has 0 unspecified atom stereocenters. The van der Waals surface area contributed by atoms with Crippen LogP contribution in [0.15, 0.2) is 245 Å². The number of nitro groups is 1. The summed E-state index contributed by atoms with van der Waals surface area (Å²) in [4.78, 5) is 110. The molecule has 2 aromatic heterocycles. The molecule has 10 aromatic rings. The number of hydrogen-bond donors (Lipinski definition) is 9. The van der Waals surface area contributed by atoms with Gasteiger partial charge in [-0.15, -0.1) is 0 Å². The molecule has 0 bridgehead atoms. The van der Waals surface area contributed by atoms with E-state index in [1.807, 2.05) is 51.1 Å². The van der Waals surface area contributed by atoms with Crippen LogP contribution in [0, 0.1) is 10.1 Å². The molecule has 2 heterocycles. The Balaban J connectivity index is 0.000000326. The molecule has 0 saturated heterocycles. The van der Waals surface area contributed by atoms with Gasteiger partial charge in [-0.1, -0.05) is 39.8 Å². The van der Waals surface area contributed by atoms with Crippen molar-refractivity contribution in [1.29, 1.82) is 0 Å². The summed E-state index contributed by atoms with van der Waals surface area (Å²) in [7, 11) is -5.35. The zero-order chi connectivity index (χ0) is 98.1. The van der Waals surface area contributed by atoms with Crippen molar-refractivity contribution in [2.75, 3.05) is 98.6 Å². The molecule has 0 spiro atoms. The van der Waals surface area contributed by atoms with Gasteiger partial charge in [0.05, 0.1) is 72.4 Å². The summed E-state index contributed by atoms with van der Waals surface area (Å²) in [6, 6.07) is 49.9. The quantitative estimate of drug-likeness (QED) is 0.00843. The molecular weight excluding hydrogens is 1770 g/mol. The first kappa shape index (κ1) is 109. The van der Waals surface area contributed by atoms with E-state index in [4.69, 9.17) is 18.6 Å². The van der Waals surface area contributed by atoms with Gasteiger partial charge in [-0.2, -0.15) is 20.4 Å². The standard InChI is InChI=1S/C21H22N2O5S.C14H21N3O.C13H12N2O3S.2C12H16N2O3.C10H11N3O4.C9H11NO4S/c1-4-23(5-2)16-9-6-14-12-18(21(25)28-19(14)13-16)20(24)22-15-7-10-17(11-8-15)29(3,26)27;1-4-14(18)16-15-11-12-7-9-13(10-8-12)17(5-2)6-3;1-19(17,18)12-4-2-11(3-5-12)15-13(16)10-6-8-14-9-7-10;1-4-12(15)14-13-8-9-5-6-10(16-2)11(7-9)17-3;1-3-12(16)14-13-8-9-5-6-10(15)11(7-9)17-4-2;1-2-10(15)12-11-6-7-3-4-9(14)8(5-7)13(16)17;1-14-9(11)10-7-3-5-8(6-4-7)15(2,12)13/h6-13H,4-5H2,1-3H3,(H,22,24);7-11H,4-6H2,1-3H3,(H,16,18);2-9H,1H3,(H,15,16);5-8H,4H2,1-3H3,(H,14,15);5-8,15H,3-4H2,1-2H3,(H,14,16);3-6,14H,2H2,1H3,(H,12,15);3-6H,1-2H3,(H,10,11)/b;15-11+;;2*13-8+;11-6+;. The number of carbonyl (C=O) groups excluding carboxylic acids is 7. The Morgan fingerprint density at radius 2 is 0.826 bits per heavy atom. The van der Waals surface area contributed by atoms with E-state index < -0.39 is 63.5 Å². The van der Waals surface area contributed by atoms with Crippen LogP contribution >= 0.6 is 0 Å². The molecule has 0 radical (unpaired) electrons. The minimum atomic E-state index is -3.33. The van der Waals surface area contributed by atoms with Gasteiger partial charge in [0.15, 0.2) is 58.3 Å². The first-order chi connectivity index (χ1) is 62.7. The number of hydrogen-bond acceptors (Lipinski definition) is 30. The smallest absolute Gasteiger partial charge is 0.411 e.